The average Bonchev–Trinajstić information content (AvgIpc) is 3.17. The van der Waals surface area contributed by atoms with Gasteiger partial charge >= 0.3 is 0 Å². The zero-order valence-corrected chi connectivity index (χ0v) is 14.8. The maximum Gasteiger partial charge on any atom is 0.255 e. The molecular weight excluding hydrogens is 326 g/mol. The molecular formula is C21H23N3O2. The van der Waals surface area contributed by atoms with Gasteiger partial charge < -0.3 is 10.0 Å². The Bertz CT molecular complexity index is 831. The molecule has 0 fully saturated rings. The number of nitrogens with one attached hydrogen (secondary N) is 1. The van der Waals surface area contributed by atoms with Gasteiger partial charge in [-0.1, -0.05) is 60.7 Å². The molecule has 2 N–H and O–H groups in total. The Hall–Kier alpha value is -2.92. The number of amides is 1. The van der Waals surface area contributed by atoms with Crippen molar-refractivity contribution in [1.29, 1.82) is 0 Å². The van der Waals surface area contributed by atoms with E-state index in [4.69, 9.17) is 0 Å². The lowest BCUT2D eigenvalue weighted by Crippen LogP contribution is -2.32. The van der Waals surface area contributed by atoms with Crippen LogP contribution in [0.25, 0.3) is 11.3 Å². The van der Waals surface area contributed by atoms with Gasteiger partial charge in [0.15, 0.2) is 6.10 Å². The van der Waals surface area contributed by atoms with Crippen molar-refractivity contribution in [3.8, 4) is 11.3 Å². The molecule has 134 valence electrons. The monoisotopic (exact) mass is 349 g/mol. The third-order valence-electron chi connectivity index (χ3n) is 4.37. The van der Waals surface area contributed by atoms with Crippen molar-refractivity contribution in [3.63, 3.8) is 0 Å². The molecule has 0 saturated heterocycles. The fraction of sp³-hybridized carbons (Fsp3) is 0.238. The number of hydrogen-bond acceptors (Lipinski definition) is 3. The van der Waals surface area contributed by atoms with Crippen LogP contribution >= 0.6 is 0 Å². The molecule has 26 heavy (non-hydrogen) atoms. The quantitative estimate of drug-likeness (QED) is 0.688. The second-order valence-electron chi connectivity index (χ2n) is 6.32. The van der Waals surface area contributed by atoms with Gasteiger partial charge in [0, 0.05) is 24.8 Å². The summed E-state index contributed by atoms with van der Waals surface area (Å²) in [6.45, 7) is 0.572. The van der Waals surface area contributed by atoms with E-state index < -0.39 is 6.10 Å². The van der Waals surface area contributed by atoms with Gasteiger partial charge in [0.2, 0.25) is 0 Å². The van der Waals surface area contributed by atoms with E-state index >= 15 is 0 Å². The van der Waals surface area contributed by atoms with E-state index in [9.17, 15) is 9.90 Å². The number of H-pyrrole nitrogens is 1. The standard InChI is InChI=1S/C21H23N3O2/c1-24(21(26)20(25)17-11-6-3-7-12-17)14-8-13-18-15-19(23-22-18)16-9-4-2-5-10-16/h2-7,9-12,15,20,25H,8,13-14H2,1H3,(H,22,23). The summed E-state index contributed by atoms with van der Waals surface area (Å²) in [5.41, 5.74) is 3.65. The van der Waals surface area contributed by atoms with Crippen molar-refractivity contribution in [1.82, 2.24) is 15.1 Å². The first kappa shape index (κ1) is 17.9. The smallest absolute Gasteiger partial charge is 0.255 e. The number of carbonyl (C=O) groups is 1. The molecule has 0 radical (unpaired) electrons. The second-order valence-corrected chi connectivity index (χ2v) is 6.32. The predicted octanol–water partition coefficient (Wildman–Crippen LogP) is 3.20. The van der Waals surface area contributed by atoms with E-state index in [-0.39, 0.29) is 5.91 Å². The zero-order chi connectivity index (χ0) is 18.4. The minimum absolute atomic E-state index is 0.286. The highest BCUT2D eigenvalue weighted by Crippen LogP contribution is 2.18. The summed E-state index contributed by atoms with van der Waals surface area (Å²) in [5, 5.41) is 17.6. The van der Waals surface area contributed by atoms with Crippen LogP contribution in [-0.2, 0) is 11.2 Å². The van der Waals surface area contributed by atoms with E-state index in [2.05, 4.69) is 10.2 Å². The molecule has 3 rings (SSSR count). The number of benzene rings is 2. The van der Waals surface area contributed by atoms with E-state index in [1.54, 1.807) is 24.1 Å². The number of likely N-dealkylation sites (N-methyl/N-ethyl adjacent to an activating group) is 1. The molecule has 0 saturated carbocycles. The van der Waals surface area contributed by atoms with Crippen molar-refractivity contribution in [2.24, 2.45) is 0 Å². The third-order valence-corrected chi connectivity index (χ3v) is 4.37. The van der Waals surface area contributed by atoms with Crippen molar-refractivity contribution >= 4 is 5.91 Å². The Labute approximate surface area is 153 Å². The number of aryl methyl sites for hydroxylation is 1. The summed E-state index contributed by atoms with van der Waals surface area (Å²) in [7, 11) is 1.72. The van der Waals surface area contributed by atoms with Crippen molar-refractivity contribution in [2.45, 2.75) is 18.9 Å². The van der Waals surface area contributed by atoms with Gasteiger partial charge in [0.25, 0.3) is 5.91 Å². The van der Waals surface area contributed by atoms with Crippen molar-refractivity contribution in [2.75, 3.05) is 13.6 Å². The molecule has 0 aliphatic heterocycles. The Morgan fingerprint density at radius 2 is 1.77 bits per heavy atom. The van der Waals surface area contributed by atoms with Gasteiger partial charge in [-0.15, -0.1) is 0 Å². The normalized spacial score (nSPS) is 11.9. The van der Waals surface area contributed by atoms with Crippen LogP contribution in [0.5, 0.6) is 0 Å². The number of nitrogens with zero attached hydrogens (tertiary/aromatic N) is 2. The molecule has 0 bridgehead atoms. The van der Waals surface area contributed by atoms with E-state index in [1.165, 1.54) is 0 Å². The van der Waals surface area contributed by atoms with Crippen LogP contribution in [0.2, 0.25) is 0 Å². The number of hydrogen-bond donors (Lipinski definition) is 2. The first-order valence-corrected chi connectivity index (χ1v) is 8.73. The number of aliphatic hydroxyl groups is 1. The summed E-state index contributed by atoms with van der Waals surface area (Å²) in [4.78, 5) is 13.9. The molecule has 2 aromatic carbocycles. The van der Waals surface area contributed by atoms with Crippen molar-refractivity contribution < 1.29 is 9.90 Å². The molecule has 5 nitrogen and oxygen atoms in total. The molecule has 0 aliphatic carbocycles. The van der Waals surface area contributed by atoms with Crippen LogP contribution < -0.4 is 0 Å². The van der Waals surface area contributed by atoms with Crippen LogP contribution in [0.4, 0.5) is 0 Å². The Kier molecular flexibility index (Phi) is 5.81. The van der Waals surface area contributed by atoms with Gasteiger partial charge in [-0.25, -0.2) is 0 Å². The molecule has 1 amide bonds. The van der Waals surface area contributed by atoms with Gasteiger partial charge in [0.05, 0.1) is 5.69 Å². The average molecular weight is 349 g/mol. The first-order valence-electron chi connectivity index (χ1n) is 8.73. The summed E-state index contributed by atoms with van der Waals surface area (Å²) >= 11 is 0. The topological polar surface area (TPSA) is 69.2 Å². The van der Waals surface area contributed by atoms with Gasteiger partial charge in [0.1, 0.15) is 0 Å². The van der Waals surface area contributed by atoms with Crippen LogP contribution in [0.15, 0.2) is 66.7 Å². The highest BCUT2D eigenvalue weighted by atomic mass is 16.3. The summed E-state index contributed by atoms with van der Waals surface area (Å²) in [6, 6.07) is 21.0. The lowest BCUT2D eigenvalue weighted by Gasteiger charge is -2.20. The molecule has 1 aromatic heterocycles. The van der Waals surface area contributed by atoms with Crippen LogP contribution in [-0.4, -0.2) is 39.7 Å². The molecule has 3 aromatic rings. The third kappa shape index (κ3) is 4.37. The number of rotatable bonds is 7. The maximum atomic E-state index is 12.3. The highest BCUT2D eigenvalue weighted by molar-refractivity contribution is 5.81. The van der Waals surface area contributed by atoms with Gasteiger partial charge in [-0.2, -0.15) is 5.10 Å². The Morgan fingerprint density at radius 1 is 1.12 bits per heavy atom. The fourth-order valence-electron chi connectivity index (χ4n) is 2.85. The van der Waals surface area contributed by atoms with Crippen molar-refractivity contribution in [3.05, 3.63) is 78.0 Å². The SMILES string of the molecule is CN(CCCc1cc(-c2ccccc2)n[nH]1)C(=O)C(O)c1ccccc1. The van der Waals surface area contributed by atoms with Crippen LogP contribution in [0, 0.1) is 0 Å². The molecule has 5 heteroatoms. The molecule has 1 unspecified atom stereocenters. The lowest BCUT2D eigenvalue weighted by atomic mass is 10.1. The number of aromatic nitrogens is 2. The van der Waals surface area contributed by atoms with Crippen LogP contribution in [0.3, 0.4) is 0 Å². The largest absolute Gasteiger partial charge is 0.378 e. The second kappa shape index (κ2) is 8.45. The molecule has 0 spiro atoms. The fourth-order valence-corrected chi connectivity index (χ4v) is 2.85. The molecule has 0 aliphatic rings. The number of aromatic amines is 1. The predicted molar refractivity (Wildman–Crippen MR) is 101 cm³/mol. The number of aliphatic hydroxyl groups excluding tert-OH is 1. The minimum Gasteiger partial charge on any atom is -0.378 e. The summed E-state index contributed by atoms with van der Waals surface area (Å²) in [6.07, 6.45) is 0.469. The van der Waals surface area contributed by atoms with E-state index in [0.29, 0.717) is 12.1 Å². The molecule has 1 heterocycles. The van der Waals surface area contributed by atoms with Gasteiger partial charge in [-0.05, 0) is 24.5 Å². The van der Waals surface area contributed by atoms with Gasteiger partial charge in [-0.3, -0.25) is 9.89 Å². The highest BCUT2D eigenvalue weighted by Gasteiger charge is 2.20. The van der Waals surface area contributed by atoms with Crippen LogP contribution in [0.1, 0.15) is 23.8 Å². The maximum absolute atomic E-state index is 12.3. The van der Waals surface area contributed by atoms with E-state index in [1.807, 2.05) is 54.6 Å². The zero-order valence-electron chi connectivity index (χ0n) is 14.8. The molecule has 1 atom stereocenters. The lowest BCUT2D eigenvalue weighted by molar-refractivity contribution is -0.139. The Balaban J connectivity index is 1.50. The number of carbonyl (C=O) groups excluding carboxylic acids is 1. The van der Waals surface area contributed by atoms with E-state index in [0.717, 1.165) is 29.8 Å². The summed E-state index contributed by atoms with van der Waals surface area (Å²) < 4.78 is 0. The first-order chi connectivity index (χ1) is 12.6. The Morgan fingerprint density at radius 3 is 2.46 bits per heavy atom. The summed E-state index contributed by atoms with van der Waals surface area (Å²) in [5.74, 6) is -0.286. The minimum atomic E-state index is -1.11.